The summed E-state index contributed by atoms with van der Waals surface area (Å²) in [6.07, 6.45) is 12.1. The van der Waals surface area contributed by atoms with E-state index in [1.54, 1.807) is 31.2 Å². The van der Waals surface area contributed by atoms with Crippen LogP contribution < -0.4 is 11.1 Å². The van der Waals surface area contributed by atoms with Crippen molar-refractivity contribution < 1.29 is 14.6 Å². The first kappa shape index (κ1) is 42.7. The van der Waals surface area contributed by atoms with Crippen LogP contribution in [0.1, 0.15) is 122 Å². The molecule has 1 aliphatic rings. The highest BCUT2D eigenvalue weighted by Gasteiger charge is 2.23. The van der Waals surface area contributed by atoms with E-state index >= 15 is 0 Å². The lowest BCUT2D eigenvalue weighted by atomic mass is 9.78. The summed E-state index contributed by atoms with van der Waals surface area (Å²) in [5.41, 5.74) is 9.70. The van der Waals surface area contributed by atoms with E-state index in [0.717, 1.165) is 29.7 Å². The van der Waals surface area contributed by atoms with Crippen molar-refractivity contribution in [3.8, 4) is 5.75 Å². The van der Waals surface area contributed by atoms with Gasteiger partial charge in [0.2, 0.25) is 0 Å². The summed E-state index contributed by atoms with van der Waals surface area (Å²) in [7, 11) is 0. The van der Waals surface area contributed by atoms with Crippen molar-refractivity contribution in [1.29, 1.82) is 0 Å². The number of para-hydroxylation sites is 1. The molecule has 2 aromatic rings. The molecule has 0 bridgehead atoms. The quantitative estimate of drug-likeness (QED) is 0.109. The Hall–Kier alpha value is -3.31. The Labute approximate surface area is 282 Å². The minimum absolute atomic E-state index is 0.0492. The number of hydrogen-bond donors (Lipinski definition) is 3. The van der Waals surface area contributed by atoms with E-state index in [2.05, 4.69) is 32.7 Å². The first-order chi connectivity index (χ1) is 22.2. The summed E-state index contributed by atoms with van der Waals surface area (Å²) >= 11 is 0. The lowest BCUT2D eigenvalue weighted by molar-refractivity contribution is 0.101. The molecule has 5 nitrogen and oxygen atoms in total. The summed E-state index contributed by atoms with van der Waals surface area (Å²) < 4.78 is 5.93. The van der Waals surface area contributed by atoms with Crippen LogP contribution in [0.3, 0.4) is 0 Å². The summed E-state index contributed by atoms with van der Waals surface area (Å²) in [5, 5.41) is 13.5. The van der Waals surface area contributed by atoms with Crippen molar-refractivity contribution in [2.75, 3.05) is 19.7 Å². The Morgan fingerprint density at radius 2 is 1.63 bits per heavy atom. The number of phenolic OH excluding ortho intramolecular Hbond substituents is 1. The zero-order valence-electron chi connectivity index (χ0n) is 30.6. The summed E-state index contributed by atoms with van der Waals surface area (Å²) in [6.45, 7) is 25.6. The fourth-order valence-corrected chi connectivity index (χ4v) is 5.39. The Kier molecular flexibility index (Phi) is 24.0. The van der Waals surface area contributed by atoms with Gasteiger partial charge in [0.15, 0.2) is 5.78 Å². The van der Waals surface area contributed by atoms with Gasteiger partial charge >= 0.3 is 0 Å². The van der Waals surface area contributed by atoms with Crippen molar-refractivity contribution in [1.82, 2.24) is 5.32 Å². The minimum atomic E-state index is 0.0492. The van der Waals surface area contributed by atoms with Crippen LogP contribution in [0.5, 0.6) is 5.75 Å². The molecule has 4 N–H and O–H groups in total. The maximum absolute atomic E-state index is 11.4. The van der Waals surface area contributed by atoms with Crippen LogP contribution >= 0.6 is 0 Å². The molecule has 1 aliphatic heterocycles. The molecule has 2 aromatic carbocycles. The minimum Gasteiger partial charge on any atom is -0.507 e. The second-order valence-electron chi connectivity index (χ2n) is 11.5. The molecule has 1 unspecified atom stereocenters. The molecule has 1 fully saturated rings. The Morgan fingerprint density at radius 1 is 1.02 bits per heavy atom. The molecule has 258 valence electrons. The van der Waals surface area contributed by atoms with E-state index in [-0.39, 0.29) is 11.5 Å². The van der Waals surface area contributed by atoms with Crippen molar-refractivity contribution >= 4 is 11.4 Å². The number of phenols is 1. The van der Waals surface area contributed by atoms with Gasteiger partial charge in [0, 0.05) is 17.5 Å². The number of hydrogen-bond acceptors (Lipinski definition) is 5. The van der Waals surface area contributed by atoms with Crippen molar-refractivity contribution in [2.24, 2.45) is 23.5 Å². The molecule has 5 heteroatoms. The van der Waals surface area contributed by atoms with Gasteiger partial charge in [0.1, 0.15) is 11.5 Å². The molecular weight excluding hydrogens is 568 g/mol. The number of allylic oxidation sites excluding steroid dienone is 3. The molecule has 1 saturated heterocycles. The third-order valence-corrected chi connectivity index (χ3v) is 8.25. The first-order valence-corrected chi connectivity index (χ1v) is 17.8. The van der Waals surface area contributed by atoms with Gasteiger partial charge in [-0.3, -0.25) is 4.79 Å². The monoisotopic (exact) mass is 635 g/mol. The Balaban J connectivity index is 0.000000942. The highest BCUT2D eigenvalue weighted by atomic mass is 16.5. The topological polar surface area (TPSA) is 84.6 Å². The normalized spacial score (nSPS) is 14.6. The zero-order chi connectivity index (χ0) is 34.9. The number of nitrogens with one attached hydrogen (secondary N) is 1. The third-order valence-electron chi connectivity index (χ3n) is 8.25. The summed E-state index contributed by atoms with van der Waals surface area (Å²) in [4.78, 5) is 11.4. The van der Waals surface area contributed by atoms with Gasteiger partial charge in [-0.25, -0.2) is 0 Å². The molecule has 2 atom stereocenters. The van der Waals surface area contributed by atoms with Gasteiger partial charge in [-0.1, -0.05) is 123 Å². The van der Waals surface area contributed by atoms with Gasteiger partial charge in [-0.05, 0) is 86.7 Å². The number of Topliss-reactive ketones (excluding diaryl/α,β-unsaturated/α-hetero) is 1. The van der Waals surface area contributed by atoms with E-state index in [4.69, 9.17) is 10.5 Å². The molecule has 0 aliphatic carbocycles. The van der Waals surface area contributed by atoms with E-state index in [9.17, 15) is 9.90 Å². The van der Waals surface area contributed by atoms with Crippen molar-refractivity contribution in [2.45, 2.75) is 107 Å². The zero-order valence-corrected chi connectivity index (χ0v) is 30.6. The maximum Gasteiger partial charge on any atom is 0.159 e. The van der Waals surface area contributed by atoms with Gasteiger partial charge in [-0.15, -0.1) is 0 Å². The van der Waals surface area contributed by atoms with Crippen molar-refractivity contribution in [3.05, 3.63) is 95.4 Å². The largest absolute Gasteiger partial charge is 0.507 e. The lowest BCUT2D eigenvalue weighted by Crippen LogP contribution is -2.32. The van der Waals surface area contributed by atoms with Crippen LogP contribution in [0, 0.1) is 17.8 Å². The molecule has 46 heavy (non-hydrogen) atoms. The number of ketones is 1. The lowest BCUT2D eigenvalue weighted by Gasteiger charge is -2.31. The summed E-state index contributed by atoms with van der Waals surface area (Å²) in [6, 6.07) is 14.5. The van der Waals surface area contributed by atoms with Crippen LogP contribution in [0.25, 0.3) is 5.57 Å². The van der Waals surface area contributed by atoms with E-state index in [1.807, 2.05) is 71.0 Å². The second kappa shape index (κ2) is 25.8. The average Bonchev–Trinajstić information content (AvgIpc) is 3.09. The SMILES string of the molecule is C=C(/C=C(OCCc1ccc(C(C)=O)cc1)\C(N)=C\CC)c1ccccc1O.CC.CC.CCC(C[C@H](C)CC)C1CCNCC1. The van der Waals surface area contributed by atoms with Crippen LogP contribution in [0.2, 0.25) is 0 Å². The fourth-order valence-electron chi connectivity index (χ4n) is 5.39. The number of aromatic hydroxyl groups is 1. The van der Waals surface area contributed by atoms with Gasteiger partial charge in [0.05, 0.1) is 12.3 Å². The average molecular weight is 635 g/mol. The second-order valence-corrected chi connectivity index (χ2v) is 11.5. The number of benzene rings is 2. The van der Waals surface area contributed by atoms with E-state index in [0.29, 0.717) is 41.2 Å². The fraction of sp³-hybridized carbons (Fsp3) is 0.537. The smallest absolute Gasteiger partial charge is 0.159 e. The van der Waals surface area contributed by atoms with Crippen LogP contribution in [0.4, 0.5) is 0 Å². The molecule has 0 radical (unpaired) electrons. The highest BCUT2D eigenvalue weighted by molar-refractivity contribution is 5.94. The molecular formula is C41H66N2O3. The molecule has 0 saturated carbocycles. The standard InChI is InChI=1S/C24H27NO3.C13H27N.2C2H6/c1-4-7-22(25)24(16-17(2)21-8-5-6-9-23(21)27)28-15-14-19-10-12-20(13-11-19)18(3)26;1-4-11(3)10-12(5-2)13-6-8-14-9-7-13;2*1-2/h5-13,16,27H,2,4,14-15,25H2,1,3H3;11-14H,4-10H2,1-3H3;2*1-2H3/b22-7-,24-16+;;;/t;11-,12?;;/m.1../s1. The summed E-state index contributed by atoms with van der Waals surface area (Å²) in [5.74, 6) is 3.66. The number of carbonyl (C=O) groups is 1. The van der Waals surface area contributed by atoms with E-state index < -0.39 is 0 Å². The first-order valence-electron chi connectivity index (χ1n) is 17.8. The molecule has 3 rings (SSSR count). The number of ether oxygens (including phenoxy) is 1. The number of carbonyl (C=O) groups excluding carboxylic acids is 1. The molecule has 0 aromatic heterocycles. The highest BCUT2D eigenvalue weighted by Crippen LogP contribution is 2.31. The maximum atomic E-state index is 11.4. The number of rotatable bonds is 14. The molecule has 0 spiro atoms. The van der Waals surface area contributed by atoms with Crippen LogP contribution in [-0.4, -0.2) is 30.6 Å². The van der Waals surface area contributed by atoms with Gasteiger partial charge in [0.25, 0.3) is 0 Å². The van der Waals surface area contributed by atoms with Gasteiger partial charge in [-0.2, -0.15) is 0 Å². The third kappa shape index (κ3) is 16.3. The molecule has 0 amide bonds. The Morgan fingerprint density at radius 3 is 2.15 bits per heavy atom. The van der Waals surface area contributed by atoms with E-state index in [1.165, 1.54) is 45.2 Å². The Bertz CT molecular complexity index is 1160. The predicted molar refractivity (Wildman–Crippen MR) is 200 cm³/mol. The van der Waals surface area contributed by atoms with Crippen LogP contribution in [0.15, 0.2) is 78.7 Å². The number of piperidine rings is 1. The van der Waals surface area contributed by atoms with Gasteiger partial charge < -0.3 is 20.9 Å². The number of nitrogens with two attached hydrogens (primary N) is 1. The molecule has 1 heterocycles. The van der Waals surface area contributed by atoms with Crippen LogP contribution in [-0.2, 0) is 11.2 Å². The predicted octanol–water partition coefficient (Wildman–Crippen LogP) is 10.5. The van der Waals surface area contributed by atoms with Crippen molar-refractivity contribution in [3.63, 3.8) is 0 Å².